The standard InChI is InChI=1S/C54H34F6N4/c1-33-16-8-9-21-38(33)36-28-29-48-42(30-36)41-24-12-15-27-47(41)64(48)49-43(39-22-10-13-25-45(39)53(55,56)57)31-37(32-44(49)40-23-11-14-26-46(40)54(58,59)60)52-62-50(34-17-4-2-5-18-34)61-51(63-52)35-19-6-3-7-20-35/h2-32H,1H3. The van der Waals surface area contributed by atoms with Crippen LogP contribution in [0.2, 0.25) is 0 Å². The predicted molar refractivity (Wildman–Crippen MR) is 242 cm³/mol. The quantitative estimate of drug-likeness (QED) is 0.150. The highest BCUT2D eigenvalue weighted by molar-refractivity contribution is 6.12. The third kappa shape index (κ3) is 7.26. The zero-order valence-corrected chi connectivity index (χ0v) is 34.0. The molecule has 0 aliphatic heterocycles. The number of hydrogen-bond acceptors (Lipinski definition) is 3. The number of alkyl halides is 6. The molecule has 0 saturated heterocycles. The van der Waals surface area contributed by atoms with Gasteiger partial charge in [0.25, 0.3) is 0 Å². The number of fused-ring (bicyclic) bond motifs is 3. The second-order valence-electron chi connectivity index (χ2n) is 15.4. The van der Waals surface area contributed by atoms with Gasteiger partial charge in [0.2, 0.25) is 0 Å². The van der Waals surface area contributed by atoms with Crippen molar-refractivity contribution in [2.45, 2.75) is 19.3 Å². The van der Waals surface area contributed by atoms with Gasteiger partial charge < -0.3 is 4.57 Å². The second kappa shape index (κ2) is 15.8. The molecule has 10 heteroatoms. The minimum absolute atomic E-state index is 0.0194. The van der Waals surface area contributed by atoms with Gasteiger partial charge in [-0.1, -0.05) is 146 Å². The normalized spacial score (nSPS) is 12.0. The first-order valence-corrected chi connectivity index (χ1v) is 20.4. The molecule has 0 atom stereocenters. The molecule has 10 aromatic rings. The van der Waals surface area contributed by atoms with Crippen molar-refractivity contribution in [3.63, 3.8) is 0 Å². The Labute approximate surface area is 363 Å². The van der Waals surface area contributed by atoms with Crippen molar-refractivity contribution in [2.75, 3.05) is 0 Å². The van der Waals surface area contributed by atoms with Crippen LogP contribution in [-0.4, -0.2) is 19.5 Å². The number of hydrogen-bond donors (Lipinski definition) is 0. The Kier molecular flexibility index (Phi) is 9.94. The first kappa shape index (κ1) is 40.2. The van der Waals surface area contributed by atoms with Crippen LogP contribution in [0.25, 0.3) is 95.0 Å². The summed E-state index contributed by atoms with van der Waals surface area (Å²) in [7, 11) is 0. The van der Waals surface area contributed by atoms with Crippen LogP contribution in [0.5, 0.6) is 0 Å². The molecule has 0 saturated carbocycles. The molecule has 312 valence electrons. The lowest BCUT2D eigenvalue weighted by Gasteiger charge is -2.24. The van der Waals surface area contributed by atoms with E-state index in [1.54, 1.807) is 16.7 Å². The lowest BCUT2D eigenvalue weighted by Crippen LogP contribution is -2.11. The Morgan fingerprint density at radius 3 is 1.33 bits per heavy atom. The summed E-state index contributed by atoms with van der Waals surface area (Å²) in [4.78, 5) is 14.5. The Balaban J connectivity index is 1.38. The molecule has 0 radical (unpaired) electrons. The van der Waals surface area contributed by atoms with Gasteiger partial charge in [0, 0.05) is 38.6 Å². The molecule has 0 aliphatic rings. The molecule has 2 aromatic heterocycles. The number of para-hydroxylation sites is 1. The van der Waals surface area contributed by atoms with Gasteiger partial charge in [-0.15, -0.1) is 0 Å². The highest BCUT2D eigenvalue weighted by Gasteiger charge is 2.37. The van der Waals surface area contributed by atoms with Crippen LogP contribution in [0.1, 0.15) is 16.7 Å². The number of rotatable bonds is 7. The maximum atomic E-state index is 15.3. The molecular weight excluding hydrogens is 819 g/mol. The number of aromatic nitrogens is 4. The largest absolute Gasteiger partial charge is 0.417 e. The van der Waals surface area contributed by atoms with Crippen molar-refractivity contribution < 1.29 is 26.3 Å². The molecule has 0 amide bonds. The third-order valence-corrected chi connectivity index (χ3v) is 11.5. The van der Waals surface area contributed by atoms with Gasteiger partial charge in [0.1, 0.15) is 0 Å². The van der Waals surface area contributed by atoms with E-state index in [4.69, 9.17) is 15.0 Å². The molecule has 0 fully saturated rings. The third-order valence-electron chi connectivity index (χ3n) is 11.5. The van der Waals surface area contributed by atoms with Crippen LogP contribution in [0.15, 0.2) is 188 Å². The Bertz CT molecular complexity index is 3240. The van der Waals surface area contributed by atoms with Gasteiger partial charge >= 0.3 is 12.4 Å². The van der Waals surface area contributed by atoms with Gasteiger partial charge in [-0.25, -0.2) is 15.0 Å². The summed E-state index contributed by atoms with van der Waals surface area (Å²) in [6.45, 7) is 2.01. The van der Waals surface area contributed by atoms with Crippen molar-refractivity contribution in [2.24, 2.45) is 0 Å². The van der Waals surface area contributed by atoms with E-state index in [1.807, 2.05) is 134 Å². The summed E-state index contributed by atoms with van der Waals surface area (Å²) in [6, 6.07) is 52.8. The lowest BCUT2D eigenvalue weighted by atomic mass is 9.88. The summed E-state index contributed by atoms with van der Waals surface area (Å²) in [5, 5.41) is 1.53. The van der Waals surface area contributed by atoms with Gasteiger partial charge in [-0.3, -0.25) is 0 Å². The molecule has 0 bridgehead atoms. The topological polar surface area (TPSA) is 43.6 Å². The predicted octanol–water partition coefficient (Wildman–Crippen LogP) is 15.3. The van der Waals surface area contributed by atoms with E-state index in [0.717, 1.165) is 39.6 Å². The highest BCUT2D eigenvalue weighted by Crippen LogP contribution is 2.49. The van der Waals surface area contributed by atoms with Crippen LogP contribution in [-0.2, 0) is 12.4 Å². The van der Waals surface area contributed by atoms with E-state index in [9.17, 15) is 0 Å². The van der Waals surface area contributed by atoms with E-state index in [1.165, 1.54) is 36.4 Å². The van der Waals surface area contributed by atoms with Crippen molar-refractivity contribution in [3.05, 3.63) is 205 Å². The van der Waals surface area contributed by atoms with E-state index in [-0.39, 0.29) is 51.0 Å². The van der Waals surface area contributed by atoms with Crippen molar-refractivity contribution in [3.8, 4) is 73.2 Å². The first-order valence-electron chi connectivity index (χ1n) is 20.4. The second-order valence-corrected chi connectivity index (χ2v) is 15.4. The van der Waals surface area contributed by atoms with E-state index < -0.39 is 23.5 Å². The summed E-state index contributed by atoms with van der Waals surface area (Å²) < 4.78 is 93.7. The van der Waals surface area contributed by atoms with Crippen LogP contribution >= 0.6 is 0 Å². The smallest absolute Gasteiger partial charge is 0.308 e. The number of aryl methyl sites for hydroxylation is 1. The molecule has 0 N–H and O–H groups in total. The minimum Gasteiger partial charge on any atom is -0.308 e. The molecule has 0 aliphatic carbocycles. The van der Waals surface area contributed by atoms with Crippen molar-refractivity contribution in [1.29, 1.82) is 0 Å². The first-order chi connectivity index (χ1) is 30.9. The minimum atomic E-state index is -4.84. The van der Waals surface area contributed by atoms with Gasteiger partial charge in [-0.2, -0.15) is 26.3 Å². The van der Waals surface area contributed by atoms with Crippen LogP contribution in [0.3, 0.4) is 0 Å². The maximum Gasteiger partial charge on any atom is 0.417 e. The average molecular weight is 853 g/mol. The van der Waals surface area contributed by atoms with Gasteiger partial charge in [0.05, 0.1) is 27.8 Å². The molecule has 0 unspecified atom stereocenters. The van der Waals surface area contributed by atoms with Crippen LogP contribution in [0, 0.1) is 6.92 Å². The fourth-order valence-corrected chi connectivity index (χ4v) is 8.56. The van der Waals surface area contributed by atoms with Crippen molar-refractivity contribution in [1.82, 2.24) is 19.5 Å². The molecule has 4 nitrogen and oxygen atoms in total. The fourth-order valence-electron chi connectivity index (χ4n) is 8.56. The lowest BCUT2D eigenvalue weighted by molar-refractivity contribution is -0.137. The zero-order chi connectivity index (χ0) is 44.2. The van der Waals surface area contributed by atoms with E-state index in [2.05, 4.69) is 0 Å². The Hall–Kier alpha value is -7.85. The van der Waals surface area contributed by atoms with Crippen LogP contribution in [0.4, 0.5) is 26.3 Å². The molecular formula is C54H34F6N4. The Morgan fingerprint density at radius 1 is 0.359 bits per heavy atom. The Morgan fingerprint density at radius 2 is 0.797 bits per heavy atom. The molecule has 10 rings (SSSR count). The maximum absolute atomic E-state index is 15.3. The summed E-state index contributed by atoms with van der Waals surface area (Å²) in [5.41, 5.74) is 3.34. The summed E-state index contributed by atoms with van der Waals surface area (Å²) in [6.07, 6.45) is -9.68. The van der Waals surface area contributed by atoms with Gasteiger partial charge in [-0.05, 0) is 77.2 Å². The van der Waals surface area contributed by atoms with E-state index >= 15 is 26.3 Å². The molecule has 2 heterocycles. The van der Waals surface area contributed by atoms with Gasteiger partial charge in [0.15, 0.2) is 17.5 Å². The molecule has 64 heavy (non-hydrogen) atoms. The highest BCUT2D eigenvalue weighted by atomic mass is 19.4. The zero-order valence-electron chi connectivity index (χ0n) is 34.0. The average Bonchev–Trinajstić information content (AvgIpc) is 3.64. The van der Waals surface area contributed by atoms with E-state index in [0.29, 0.717) is 22.2 Å². The fraction of sp³-hybridized carbons (Fsp3) is 0.0556. The SMILES string of the molecule is Cc1ccccc1-c1ccc2c(c1)c1ccccc1n2-c1c(-c2ccccc2C(F)(F)F)cc(-c2nc(-c3ccccc3)nc(-c3ccccc3)n2)cc1-c1ccccc1C(F)(F)F. The number of benzene rings is 8. The van der Waals surface area contributed by atoms with Crippen molar-refractivity contribution >= 4 is 21.8 Å². The summed E-state index contributed by atoms with van der Waals surface area (Å²) >= 11 is 0. The molecule has 0 spiro atoms. The number of nitrogens with zero attached hydrogens (tertiary/aromatic N) is 4. The number of halogens is 6. The summed E-state index contributed by atoms with van der Waals surface area (Å²) in [5.74, 6) is 0.602. The monoisotopic (exact) mass is 852 g/mol. The molecule has 8 aromatic carbocycles. The van der Waals surface area contributed by atoms with Crippen LogP contribution < -0.4 is 0 Å².